The van der Waals surface area contributed by atoms with Crippen molar-refractivity contribution < 1.29 is 37.0 Å². The molecule has 2 aromatic rings. The van der Waals surface area contributed by atoms with Gasteiger partial charge in [-0.1, -0.05) is 13.2 Å². The van der Waals surface area contributed by atoms with Crippen molar-refractivity contribution >= 4 is 85.5 Å². The molecule has 37 heavy (non-hydrogen) atoms. The fraction of sp³-hybridized carbons (Fsp3) is 0.250. The lowest BCUT2D eigenvalue weighted by Gasteiger charge is -2.15. The highest BCUT2D eigenvalue weighted by molar-refractivity contribution is 9.11. The van der Waals surface area contributed by atoms with E-state index >= 15 is 0 Å². The van der Waals surface area contributed by atoms with E-state index in [1.54, 1.807) is 0 Å². The number of sulfone groups is 1. The van der Waals surface area contributed by atoms with Crippen molar-refractivity contribution in [1.82, 2.24) is 0 Å². The van der Waals surface area contributed by atoms with Crippen LogP contribution in [0.1, 0.15) is 12.8 Å². The number of rotatable bonds is 14. The SMILES string of the molecule is C=CC(=O)OCCCOc1c(Br)cc(S(=O)(=O)c2cc(Br)c(OCCCOC(=O)C=C)c(Br)c2)cc1Br. The first kappa shape index (κ1) is 31.5. The minimum absolute atomic E-state index is 0.0371. The number of ether oxygens (including phenoxy) is 4. The van der Waals surface area contributed by atoms with Gasteiger partial charge in [-0.05, 0) is 88.0 Å². The van der Waals surface area contributed by atoms with Gasteiger partial charge in [0.15, 0.2) is 0 Å². The number of halogens is 4. The highest BCUT2D eigenvalue weighted by Gasteiger charge is 2.24. The summed E-state index contributed by atoms with van der Waals surface area (Å²) in [6, 6.07) is 5.79. The molecule has 0 amide bonds. The van der Waals surface area contributed by atoms with Gasteiger partial charge in [0.25, 0.3) is 0 Å². The summed E-state index contributed by atoms with van der Waals surface area (Å²) in [6.45, 7) is 7.46. The highest BCUT2D eigenvalue weighted by Crippen LogP contribution is 2.40. The van der Waals surface area contributed by atoms with E-state index in [1.807, 2.05) is 0 Å². The molecule has 0 N–H and O–H groups in total. The molecule has 0 spiro atoms. The van der Waals surface area contributed by atoms with E-state index in [0.717, 1.165) is 12.2 Å². The Hall–Kier alpha value is -1.67. The monoisotopic (exact) mass is 786 g/mol. The van der Waals surface area contributed by atoms with Gasteiger partial charge in [0.2, 0.25) is 9.84 Å². The fourth-order valence-corrected chi connectivity index (χ4v) is 7.53. The molecule has 0 aliphatic heterocycles. The van der Waals surface area contributed by atoms with Crippen molar-refractivity contribution in [2.24, 2.45) is 0 Å². The van der Waals surface area contributed by atoms with Crippen LogP contribution in [0, 0.1) is 0 Å². The fourth-order valence-electron chi connectivity index (χ4n) is 2.73. The zero-order valence-corrected chi connectivity index (χ0v) is 26.5. The molecule has 0 unspecified atom stereocenters. The first-order valence-electron chi connectivity index (χ1n) is 10.6. The van der Waals surface area contributed by atoms with E-state index in [-0.39, 0.29) is 36.2 Å². The topological polar surface area (TPSA) is 105 Å². The Balaban J connectivity index is 2.12. The molecule has 0 aliphatic carbocycles. The van der Waals surface area contributed by atoms with Crippen LogP contribution in [0.5, 0.6) is 11.5 Å². The number of esters is 2. The molecule has 2 rings (SSSR count). The molecule has 2 aromatic carbocycles. The van der Waals surface area contributed by atoms with Crippen LogP contribution < -0.4 is 9.47 Å². The lowest BCUT2D eigenvalue weighted by atomic mass is 10.3. The maximum Gasteiger partial charge on any atom is 0.330 e. The summed E-state index contributed by atoms with van der Waals surface area (Å²) >= 11 is 13.5. The number of benzene rings is 2. The third-order valence-electron chi connectivity index (χ3n) is 4.46. The zero-order valence-electron chi connectivity index (χ0n) is 19.3. The van der Waals surface area contributed by atoms with Crippen molar-refractivity contribution in [3.63, 3.8) is 0 Å². The van der Waals surface area contributed by atoms with Crippen molar-refractivity contribution in [2.75, 3.05) is 26.4 Å². The van der Waals surface area contributed by atoms with Crippen LogP contribution in [0.15, 0.2) is 77.3 Å². The Bertz CT molecular complexity index is 1140. The Labute approximate surface area is 248 Å². The van der Waals surface area contributed by atoms with Crippen LogP contribution in [0.2, 0.25) is 0 Å². The third kappa shape index (κ3) is 9.24. The second-order valence-corrected chi connectivity index (χ2v) is 12.4. The molecule has 0 heterocycles. The molecule has 0 bridgehead atoms. The molecule has 0 aliphatic rings. The summed E-state index contributed by atoms with van der Waals surface area (Å²) in [7, 11) is -3.91. The molecule has 8 nitrogen and oxygen atoms in total. The maximum atomic E-state index is 13.4. The van der Waals surface area contributed by atoms with E-state index in [4.69, 9.17) is 18.9 Å². The molecule has 200 valence electrons. The molecule has 0 fully saturated rings. The average molecular weight is 790 g/mol. The van der Waals surface area contributed by atoms with Crippen LogP contribution in [0.4, 0.5) is 0 Å². The van der Waals surface area contributed by atoms with Crippen molar-refractivity contribution in [3.05, 3.63) is 67.5 Å². The van der Waals surface area contributed by atoms with Gasteiger partial charge in [0, 0.05) is 25.0 Å². The second-order valence-electron chi connectivity index (χ2n) is 7.08. The summed E-state index contributed by atoms with van der Waals surface area (Å²) in [4.78, 5) is 22.2. The van der Waals surface area contributed by atoms with Gasteiger partial charge in [-0.2, -0.15) is 0 Å². The Morgan fingerprint density at radius 2 is 1.00 bits per heavy atom. The molecular weight excluding hydrogens is 768 g/mol. The highest BCUT2D eigenvalue weighted by atomic mass is 79.9. The van der Waals surface area contributed by atoms with E-state index in [1.165, 1.54) is 24.3 Å². The minimum Gasteiger partial charge on any atom is -0.491 e. The number of hydrogen-bond acceptors (Lipinski definition) is 8. The van der Waals surface area contributed by atoms with Crippen LogP contribution >= 0.6 is 63.7 Å². The third-order valence-corrected chi connectivity index (χ3v) is 8.53. The molecule has 0 aromatic heterocycles. The molecule has 13 heteroatoms. The number of carbonyl (C=O) groups is 2. The predicted molar refractivity (Wildman–Crippen MR) is 152 cm³/mol. The molecule has 0 radical (unpaired) electrons. The average Bonchev–Trinajstić information content (AvgIpc) is 2.85. The van der Waals surface area contributed by atoms with Crippen LogP contribution in [0.3, 0.4) is 0 Å². The zero-order chi connectivity index (χ0) is 27.6. The van der Waals surface area contributed by atoms with E-state index < -0.39 is 21.8 Å². The van der Waals surface area contributed by atoms with E-state index in [2.05, 4.69) is 76.9 Å². The summed E-state index contributed by atoms with van der Waals surface area (Å²) in [5.41, 5.74) is 0. The first-order valence-corrected chi connectivity index (χ1v) is 15.2. The smallest absolute Gasteiger partial charge is 0.330 e. The van der Waals surface area contributed by atoms with Gasteiger partial charge >= 0.3 is 11.9 Å². The number of carbonyl (C=O) groups excluding carboxylic acids is 2. The largest absolute Gasteiger partial charge is 0.491 e. The van der Waals surface area contributed by atoms with Gasteiger partial charge < -0.3 is 18.9 Å². The van der Waals surface area contributed by atoms with Crippen molar-refractivity contribution in [2.45, 2.75) is 22.6 Å². The van der Waals surface area contributed by atoms with Crippen LogP contribution in [0.25, 0.3) is 0 Å². The lowest BCUT2D eigenvalue weighted by molar-refractivity contribution is -0.138. The Morgan fingerprint density at radius 3 is 1.30 bits per heavy atom. The quantitative estimate of drug-likeness (QED) is 0.120. The summed E-state index contributed by atoms with van der Waals surface area (Å²) in [5, 5.41) is 0. The standard InChI is InChI=1S/C24H22Br4O8S/c1-3-21(29)33-7-5-9-35-23-17(25)11-15(12-18(23)26)37(31,32)16-13-19(27)24(20(28)14-16)36-10-6-8-34-22(30)4-2/h3-4,11-14H,1-2,5-10H2. The lowest BCUT2D eigenvalue weighted by Crippen LogP contribution is -2.08. The predicted octanol–water partition coefficient (Wildman–Crippen LogP) is 6.57. The van der Waals surface area contributed by atoms with Crippen molar-refractivity contribution in [1.29, 1.82) is 0 Å². The number of hydrogen-bond donors (Lipinski definition) is 0. The first-order chi connectivity index (χ1) is 17.5. The van der Waals surface area contributed by atoms with Crippen LogP contribution in [-0.4, -0.2) is 46.8 Å². The van der Waals surface area contributed by atoms with Crippen molar-refractivity contribution in [3.8, 4) is 11.5 Å². The van der Waals surface area contributed by atoms with Gasteiger partial charge in [-0.15, -0.1) is 0 Å². The Kier molecular flexibility index (Phi) is 12.8. The second kappa shape index (κ2) is 15.1. The van der Waals surface area contributed by atoms with E-state index in [0.29, 0.717) is 42.2 Å². The molecule has 0 atom stereocenters. The summed E-state index contributed by atoms with van der Waals surface area (Å²) in [5.74, 6) is -0.194. The van der Waals surface area contributed by atoms with Gasteiger partial charge in [-0.3, -0.25) is 0 Å². The summed E-state index contributed by atoms with van der Waals surface area (Å²) < 4.78 is 49.7. The van der Waals surface area contributed by atoms with Gasteiger partial charge in [-0.25, -0.2) is 18.0 Å². The van der Waals surface area contributed by atoms with Crippen LogP contribution in [-0.2, 0) is 28.9 Å². The maximum absolute atomic E-state index is 13.4. The minimum atomic E-state index is -3.91. The molecular formula is C24H22Br4O8S. The molecule has 0 saturated carbocycles. The Morgan fingerprint density at radius 1 is 0.676 bits per heavy atom. The van der Waals surface area contributed by atoms with Gasteiger partial charge in [0.1, 0.15) is 11.5 Å². The summed E-state index contributed by atoms with van der Waals surface area (Å²) in [6.07, 6.45) is 3.04. The van der Waals surface area contributed by atoms with E-state index in [9.17, 15) is 18.0 Å². The normalized spacial score (nSPS) is 10.9. The molecule has 0 saturated heterocycles. The van der Waals surface area contributed by atoms with Gasteiger partial charge in [0.05, 0.1) is 54.1 Å².